The lowest BCUT2D eigenvalue weighted by Crippen LogP contribution is -1.95. The third kappa shape index (κ3) is 2.62. The minimum absolute atomic E-state index is 0.198. The molecule has 3 aromatic rings. The van der Waals surface area contributed by atoms with Gasteiger partial charge in [0.1, 0.15) is 5.78 Å². The van der Waals surface area contributed by atoms with Crippen LogP contribution in [0, 0.1) is 0 Å². The van der Waals surface area contributed by atoms with E-state index in [1.54, 1.807) is 6.92 Å². The quantitative estimate of drug-likeness (QED) is 0.670. The number of ketones is 1. The van der Waals surface area contributed by atoms with Crippen molar-refractivity contribution in [2.75, 3.05) is 0 Å². The van der Waals surface area contributed by atoms with Crippen LogP contribution in [0.5, 0.6) is 0 Å². The minimum Gasteiger partial charge on any atom is -0.300 e. The Morgan fingerprint density at radius 1 is 0.800 bits per heavy atom. The summed E-state index contributed by atoms with van der Waals surface area (Å²) >= 11 is 0. The van der Waals surface area contributed by atoms with Crippen LogP contribution >= 0.6 is 0 Å². The molecule has 3 aromatic carbocycles. The number of hydrogen-bond donors (Lipinski definition) is 0. The molecule has 0 amide bonds. The molecule has 0 aromatic heterocycles. The average molecular weight is 260 g/mol. The molecule has 0 aliphatic heterocycles. The Morgan fingerprint density at radius 2 is 1.45 bits per heavy atom. The highest BCUT2D eigenvalue weighted by Gasteiger charge is 2.01. The molecule has 0 saturated heterocycles. The monoisotopic (exact) mass is 260 g/mol. The van der Waals surface area contributed by atoms with Gasteiger partial charge in [-0.2, -0.15) is 0 Å². The van der Waals surface area contributed by atoms with Crippen LogP contribution < -0.4 is 0 Å². The van der Waals surface area contributed by atoms with E-state index in [0.29, 0.717) is 6.42 Å². The van der Waals surface area contributed by atoms with Gasteiger partial charge in [0.05, 0.1) is 0 Å². The van der Waals surface area contributed by atoms with Crippen molar-refractivity contribution in [3.8, 4) is 11.1 Å². The fraction of sp³-hybridized carbons (Fsp3) is 0.105. The number of Topliss-reactive ketones (excluding diaryl/α,β-unsaturated/α-hetero) is 1. The van der Waals surface area contributed by atoms with Crippen molar-refractivity contribution < 1.29 is 4.79 Å². The molecule has 20 heavy (non-hydrogen) atoms. The highest BCUT2D eigenvalue weighted by Crippen LogP contribution is 2.24. The topological polar surface area (TPSA) is 17.1 Å². The lowest BCUT2D eigenvalue weighted by atomic mass is 9.99. The largest absolute Gasteiger partial charge is 0.300 e. The van der Waals surface area contributed by atoms with E-state index in [4.69, 9.17) is 0 Å². The van der Waals surface area contributed by atoms with Crippen LogP contribution in [0.4, 0.5) is 0 Å². The first kappa shape index (κ1) is 12.6. The Hall–Kier alpha value is -2.41. The molecule has 3 rings (SSSR count). The van der Waals surface area contributed by atoms with Crippen LogP contribution in [0.3, 0.4) is 0 Å². The van der Waals surface area contributed by atoms with E-state index in [1.165, 1.54) is 21.9 Å². The normalized spacial score (nSPS) is 10.7. The first-order valence-corrected chi connectivity index (χ1v) is 6.80. The molecular formula is C19H16O. The Bertz CT molecular complexity index is 754. The van der Waals surface area contributed by atoms with E-state index in [2.05, 4.69) is 54.6 Å². The Morgan fingerprint density at radius 3 is 2.15 bits per heavy atom. The summed E-state index contributed by atoms with van der Waals surface area (Å²) in [4.78, 5) is 11.1. The third-order valence-corrected chi connectivity index (χ3v) is 3.49. The molecule has 0 aliphatic rings. The van der Waals surface area contributed by atoms with Gasteiger partial charge in [0, 0.05) is 6.42 Å². The molecule has 0 saturated carbocycles. The molecular weight excluding hydrogens is 244 g/mol. The van der Waals surface area contributed by atoms with Crippen LogP contribution in [0.1, 0.15) is 12.5 Å². The number of hydrogen-bond acceptors (Lipinski definition) is 1. The second-order valence-electron chi connectivity index (χ2n) is 5.14. The van der Waals surface area contributed by atoms with Crippen LogP contribution in [0.25, 0.3) is 21.9 Å². The van der Waals surface area contributed by atoms with Crippen molar-refractivity contribution in [3.63, 3.8) is 0 Å². The SMILES string of the molecule is CC(=O)Cc1ccc(-c2ccc3ccccc3c2)cc1. The van der Waals surface area contributed by atoms with Gasteiger partial charge >= 0.3 is 0 Å². The third-order valence-electron chi connectivity index (χ3n) is 3.49. The first-order chi connectivity index (χ1) is 9.72. The second kappa shape index (κ2) is 5.30. The molecule has 0 aliphatic carbocycles. The van der Waals surface area contributed by atoms with E-state index in [1.807, 2.05) is 12.1 Å². The van der Waals surface area contributed by atoms with Gasteiger partial charge in [0.2, 0.25) is 0 Å². The maximum Gasteiger partial charge on any atom is 0.134 e. The number of carbonyl (C=O) groups excluding carboxylic acids is 1. The van der Waals surface area contributed by atoms with E-state index in [9.17, 15) is 4.79 Å². The van der Waals surface area contributed by atoms with Gasteiger partial charge in [0.25, 0.3) is 0 Å². The summed E-state index contributed by atoms with van der Waals surface area (Å²) in [6.45, 7) is 1.62. The molecule has 98 valence electrons. The molecule has 0 spiro atoms. The van der Waals surface area contributed by atoms with Gasteiger partial charge < -0.3 is 0 Å². The first-order valence-electron chi connectivity index (χ1n) is 6.80. The Balaban J connectivity index is 1.96. The molecule has 0 heterocycles. The van der Waals surface area contributed by atoms with Gasteiger partial charge in [-0.3, -0.25) is 4.79 Å². The Labute approximate surface area is 118 Å². The summed E-state index contributed by atoms with van der Waals surface area (Å²) < 4.78 is 0. The van der Waals surface area contributed by atoms with Crippen molar-refractivity contribution in [1.29, 1.82) is 0 Å². The minimum atomic E-state index is 0.198. The van der Waals surface area contributed by atoms with E-state index >= 15 is 0 Å². The van der Waals surface area contributed by atoms with Crippen molar-refractivity contribution in [2.45, 2.75) is 13.3 Å². The van der Waals surface area contributed by atoms with E-state index in [-0.39, 0.29) is 5.78 Å². The fourth-order valence-electron chi connectivity index (χ4n) is 2.47. The smallest absolute Gasteiger partial charge is 0.134 e. The van der Waals surface area contributed by atoms with Crippen molar-refractivity contribution >= 4 is 16.6 Å². The van der Waals surface area contributed by atoms with Crippen molar-refractivity contribution in [1.82, 2.24) is 0 Å². The van der Waals surface area contributed by atoms with Gasteiger partial charge in [0.15, 0.2) is 0 Å². The lowest BCUT2D eigenvalue weighted by Gasteiger charge is -2.05. The molecule has 0 radical (unpaired) electrons. The van der Waals surface area contributed by atoms with Gasteiger partial charge in [-0.15, -0.1) is 0 Å². The molecule has 0 fully saturated rings. The predicted molar refractivity (Wildman–Crippen MR) is 83.8 cm³/mol. The average Bonchev–Trinajstić information content (AvgIpc) is 2.47. The summed E-state index contributed by atoms with van der Waals surface area (Å²) in [5.74, 6) is 0.198. The van der Waals surface area contributed by atoms with E-state index in [0.717, 1.165) is 5.56 Å². The molecule has 1 nitrogen and oxygen atoms in total. The highest BCUT2D eigenvalue weighted by molar-refractivity contribution is 5.87. The zero-order chi connectivity index (χ0) is 13.9. The van der Waals surface area contributed by atoms with Crippen LogP contribution in [0.2, 0.25) is 0 Å². The maximum absolute atomic E-state index is 11.1. The number of fused-ring (bicyclic) bond motifs is 1. The molecule has 1 heteroatoms. The van der Waals surface area contributed by atoms with Gasteiger partial charge in [-0.25, -0.2) is 0 Å². The van der Waals surface area contributed by atoms with Gasteiger partial charge in [-0.1, -0.05) is 60.7 Å². The summed E-state index contributed by atoms with van der Waals surface area (Å²) in [5, 5.41) is 2.50. The van der Waals surface area contributed by atoms with Gasteiger partial charge in [-0.05, 0) is 40.5 Å². The number of benzene rings is 3. The number of rotatable bonds is 3. The zero-order valence-corrected chi connectivity index (χ0v) is 11.5. The van der Waals surface area contributed by atoms with Crippen LogP contribution in [-0.4, -0.2) is 5.78 Å². The summed E-state index contributed by atoms with van der Waals surface area (Å²) in [6, 6.07) is 23.1. The van der Waals surface area contributed by atoms with Crippen LogP contribution in [-0.2, 0) is 11.2 Å². The molecule has 0 unspecified atom stereocenters. The molecule has 0 N–H and O–H groups in total. The summed E-state index contributed by atoms with van der Waals surface area (Å²) in [7, 11) is 0. The predicted octanol–water partition coefficient (Wildman–Crippen LogP) is 4.64. The van der Waals surface area contributed by atoms with Crippen LogP contribution in [0.15, 0.2) is 66.7 Å². The molecule has 0 bridgehead atoms. The zero-order valence-electron chi connectivity index (χ0n) is 11.5. The lowest BCUT2D eigenvalue weighted by molar-refractivity contribution is -0.116. The summed E-state index contributed by atoms with van der Waals surface area (Å²) in [5.41, 5.74) is 3.46. The highest BCUT2D eigenvalue weighted by atomic mass is 16.1. The van der Waals surface area contributed by atoms with E-state index < -0.39 is 0 Å². The summed E-state index contributed by atoms with van der Waals surface area (Å²) in [6.07, 6.45) is 0.512. The number of carbonyl (C=O) groups is 1. The van der Waals surface area contributed by atoms with Crippen molar-refractivity contribution in [2.24, 2.45) is 0 Å². The maximum atomic E-state index is 11.1. The van der Waals surface area contributed by atoms with Crippen molar-refractivity contribution in [3.05, 3.63) is 72.3 Å². The molecule has 0 atom stereocenters. The Kier molecular flexibility index (Phi) is 3.34. The standard InChI is InChI=1S/C19H16O/c1-14(20)12-15-6-8-17(9-7-15)19-11-10-16-4-2-3-5-18(16)13-19/h2-11,13H,12H2,1H3. The fourth-order valence-corrected chi connectivity index (χ4v) is 2.47. The second-order valence-corrected chi connectivity index (χ2v) is 5.14.